The summed E-state index contributed by atoms with van der Waals surface area (Å²) in [4.78, 5) is 71.5. The molecule has 1 aromatic carbocycles. The number of carbonyl (C=O) groups is 5. The first-order valence-electron chi connectivity index (χ1n) is 14.9. The Morgan fingerprint density at radius 3 is 2.47 bits per heavy atom. The predicted molar refractivity (Wildman–Crippen MR) is 155 cm³/mol. The van der Waals surface area contributed by atoms with Gasteiger partial charge in [-0.3, -0.25) is 24.0 Å². The number of likely N-dealkylation sites (tertiary alicyclic amines) is 1. The molecular formula is C30H35F4N5O5S. The Hall–Kier alpha value is -3.62. The first kappa shape index (κ1) is 32.8. The van der Waals surface area contributed by atoms with Crippen molar-refractivity contribution >= 4 is 51.0 Å². The summed E-state index contributed by atoms with van der Waals surface area (Å²) in [6.45, 7) is 5.05. The minimum atomic E-state index is -5.22. The third-order valence-electron chi connectivity index (χ3n) is 8.98. The van der Waals surface area contributed by atoms with Gasteiger partial charge in [-0.15, -0.1) is 11.3 Å². The third-order valence-corrected chi connectivity index (χ3v) is 10.0. The summed E-state index contributed by atoms with van der Waals surface area (Å²) in [6, 6.07) is 0.366. The fourth-order valence-electron chi connectivity index (χ4n) is 6.71. The number of hydrogen-bond acceptors (Lipinski definition) is 7. The van der Waals surface area contributed by atoms with E-state index in [-0.39, 0.29) is 41.2 Å². The molecule has 2 saturated heterocycles. The van der Waals surface area contributed by atoms with Crippen LogP contribution >= 0.6 is 11.3 Å². The molecule has 3 fully saturated rings. The number of benzene rings is 1. The van der Waals surface area contributed by atoms with Gasteiger partial charge in [0, 0.05) is 19.0 Å². The zero-order valence-electron chi connectivity index (χ0n) is 25.0. The van der Waals surface area contributed by atoms with E-state index >= 15 is 0 Å². The third kappa shape index (κ3) is 6.68. The smallest absolute Gasteiger partial charge is 0.356 e. The molecule has 1 saturated carbocycles. The summed E-state index contributed by atoms with van der Waals surface area (Å²) in [5.41, 5.74) is -1.13. The number of halogens is 4. The van der Waals surface area contributed by atoms with Gasteiger partial charge < -0.3 is 20.9 Å². The summed E-state index contributed by atoms with van der Waals surface area (Å²) in [6.07, 6.45) is -2.77. The van der Waals surface area contributed by atoms with E-state index in [1.54, 1.807) is 6.07 Å². The quantitative estimate of drug-likeness (QED) is 0.295. The van der Waals surface area contributed by atoms with Gasteiger partial charge in [-0.1, -0.05) is 33.3 Å². The molecule has 45 heavy (non-hydrogen) atoms. The Labute approximate surface area is 260 Å². The van der Waals surface area contributed by atoms with Crippen LogP contribution in [0.1, 0.15) is 62.7 Å². The Morgan fingerprint density at radius 2 is 1.84 bits per heavy atom. The number of rotatable bonds is 8. The molecule has 0 radical (unpaired) electrons. The van der Waals surface area contributed by atoms with Crippen molar-refractivity contribution < 1.29 is 41.5 Å². The summed E-state index contributed by atoms with van der Waals surface area (Å²) in [7, 11) is 0. The molecular weight excluding hydrogens is 618 g/mol. The summed E-state index contributed by atoms with van der Waals surface area (Å²) >= 11 is 0.952. The van der Waals surface area contributed by atoms with E-state index < -0.39 is 65.0 Å². The zero-order chi connectivity index (χ0) is 32.8. The summed E-state index contributed by atoms with van der Waals surface area (Å²) in [5, 5.41) is 7.22. The number of nitrogens with one attached hydrogen (secondary N) is 3. The van der Waals surface area contributed by atoms with Crippen molar-refractivity contribution in [3.8, 4) is 0 Å². The lowest BCUT2D eigenvalue weighted by Gasteiger charge is -2.36. The van der Waals surface area contributed by atoms with Crippen LogP contribution in [0.15, 0.2) is 18.2 Å². The molecule has 0 unspecified atom stereocenters. The molecule has 244 valence electrons. The Kier molecular flexibility index (Phi) is 8.95. The highest BCUT2D eigenvalue weighted by Gasteiger charge is 2.53. The van der Waals surface area contributed by atoms with Gasteiger partial charge in [0.2, 0.25) is 23.5 Å². The molecule has 0 bridgehead atoms. The van der Waals surface area contributed by atoms with Crippen LogP contribution in [-0.2, 0) is 19.2 Å². The van der Waals surface area contributed by atoms with Gasteiger partial charge >= 0.3 is 12.1 Å². The van der Waals surface area contributed by atoms with Crippen LogP contribution in [0.5, 0.6) is 0 Å². The Bertz CT molecular complexity index is 1520. The first-order valence-corrected chi connectivity index (χ1v) is 15.7. The second-order valence-corrected chi connectivity index (χ2v) is 14.1. The molecule has 1 aliphatic carbocycles. The fourth-order valence-corrected chi connectivity index (χ4v) is 7.68. The lowest BCUT2D eigenvalue weighted by molar-refractivity contribution is -0.176. The van der Waals surface area contributed by atoms with Crippen molar-refractivity contribution in [2.75, 3.05) is 13.1 Å². The van der Waals surface area contributed by atoms with E-state index in [4.69, 9.17) is 0 Å². The molecule has 5 rings (SSSR count). The summed E-state index contributed by atoms with van der Waals surface area (Å²) in [5.74, 6) is -6.27. The van der Waals surface area contributed by atoms with Crippen molar-refractivity contribution in [3.05, 3.63) is 29.0 Å². The number of aromatic nitrogens is 1. The fraction of sp³-hybridized carbons (Fsp3) is 0.600. The van der Waals surface area contributed by atoms with Gasteiger partial charge in [0.15, 0.2) is 5.01 Å². The van der Waals surface area contributed by atoms with Crippen molar-refractivity contribution in [2.45, 2.75) is 77.2 Å². The van der Waals surface area contributed by atoms with Crippen LogP contribution in [0.25, 0.3) is 10.2 Å². The highest BCUT2D eigenvalue weighted by Crippen LogP contribution is 2.43. The topological polar surface area (TPSA) is 138 Å². The standard InChI is InChI=1S/C30H35F4N5O5S/c1-29(2,3)23(38-28(44)30(32,33)34)27(43)39-13-15-6-4-7-16(15)21(39)25(42)36-18(12-14-10-11-35-24(14)41)22(40)26-37-20-17(31)8-5-9-19(20)45-26/h5,8-9,14-16,18,21,23H,4,6-7,10-13H2,1-3H3,(H,35,41)(H,36,42)(H,38,44)/t14-,15-,16-,18-,21-,23+/m0/s1. The number of thiazole rings is 1. The van der Waals surface area contributed by atoms with E-state index in [0.717, 1.165) is 17.8 Å². The first-order chi connectivity index (χ1) is 21.1. The van der Waals surface area contributed by atoms with Crippen LogP contribution < -0.4 is 16.0 Å². The molecule has 3 N–H and O–H groups in total. The van der Waals surface area contributed by atoms with Gasteiger partial charge in [0.1, 0.15) is 23.4 Å². The van der Waals surface area contributed by atoms with E-state index in [1.807, 2.05) is 5.32 Å². The Morgan fingerprint density at radius 1 is 1.11 bits per heavy atom. The number of ketones is 1. The number of fused-ring (bicyclic) bond motifs is 2. The lowest BCUT2D eigenvalue weighted by atomic mass is 9.85. The van der Waals surface area contributed by atoms with Gasteiger partial charge in [-0.05, 0) is 55.1 Å². The number of nitrogens with zero attached hydrogens (tertiary/aromatic N) is 2. The van der Waals surface area contributed by atoms with E-state index in [0.29, 0.717) is 30.5 Å². The van der Waals surface area contributed by atoms with E-state index in [9.17, 15) is 41.5 Å². The second kappa shape index (κ2) is 12.3. The number of amides is 4. The van der Waals surface area contributed by atoms with Crippen LogP contribution in [-0.4, -0.2) is 76.7 Å². The van der Waals surface area contributed by atoms with Crippen LogP contribution in [0.3, 0.4) is 0 Å². The number of alkyl halides is 3. The number of Topliss-reactive ketones (excluding diaryl/α,β-unsaturated/α-hetero) is 1. The van der Waals surface area contributed by atoms with Crippen LogP contribution in [0.2, 0.25) is 0 Å². The van der Waals surface area contributed by atoms with Crippen molar-refractivity contribution in [3.63, 3.8) is 0 Å². The summed E-state index contributed by atoms with van der Waals surface area (Å²) < 4.78 is 54.4. The molecule has 3 aliphatic rings. The van der Waals surface area contributed by atoms with Gasteiger partial charge in [-0.2, -0.15) is 13.2 Å². The maximum atomic E-state index is 14.4. The van der Waals surface area contributed by atoms with Gasteiger partial charge in [-0.25, -0.2) is 9.37 Å². The van der Waals surface area contributed by atoms with Crippen LogP contribution in [0.4, 0.5) is 17.6 Å². The maximum absolute atomic E-state index is 14.4. The molecule has 4 amide bonds. The van der Waals surface area contributed by atoms with Crippen molar-refractivity contribution in [2.24, 2.45) is 23.2 Å². The normalized spacial score (nSPS) is 24.7. The molecule has 15 heteroatoms. The monoisotopic (exact) mass is 653 g/mol. The average molecular weight is 654 g/mol. The number of hydrogen-bond donors (Lipinski definition) is 3. The highest BCUT2D eigenvalue weighted by molar-refractivity contribution is 7.20. The lowest BCUT2D eigenvalue weighted by Crippen LogP contribution is -2.60. The van der Waals surface area contributed by atoms with E-state index in [1.165, 1.54) is 37.8 Å². The largest absolute Gasteiger partial charge is 0.471 e. The van der Waals surface area contributed by atoms with Gasteiger partial charge in [0.25, 0.3) is 0 Å². The molecule has 2 aromatic rings. The molecule has 3 heterocycles. The zero-order valence-corrected chi connectivity index (χ0v) is 25.8. The average Bonchev–Trinajstić information content (AvgIpc) is 3.73. The Balaban J connectivity index is 1.44. The van der Waals surface area contributed by atoms with Crippen molar-refractivity contribution in [1.82, 2.24) is 25.8 Å². The highest BCUT2D eigenvalue weighted by atomic mass is 32.1. The van der Waals surface area contributed by atoms with Crippen molar-refractivity contribution in [1.29, 1.82) is 0 Å². The predicted octanol–water partition coefficient (Wildman–Crippen LogP) is 3.35. The molecule has 1 aromatic heterocycles. The molecule has 2 aliphatic heterocycles. The van der Waals surface area contributed by atoms with Crippen LogP contribution in [0, 0.1) is 29.0 Å². The molecule has 0 spiro atoms. The van der Waals surface area contributed by atoms with E-state index in [2.05, 4.69) is 15.6 Å². The minimum Gasteiger partial charge on any atom is -0.356 e. The number of para-hydroxylation sites is 1. The second-order valence-electron chi connectivity index (χ2n) is 13.1. The SMILES string of the molecule is CC(C)(C)[C@H](NC(=O)C(F)(F)F)C(=O)N1C[C@@H]2CCC[C@@H]2[C@H]1C(=O)N[C@@H](C[C@@H]1CCNC1=O)C(=O)c1nc2c(F)cccc2s1. The molecule has 6 atom stereocenters. The maximum Gasteiger partial charge on any atom is 0.471 e. The van der Waals surface area contributed by atoms with Gasteiger partial charge in [0.05, 0.1) is 10.7 Å². The number of carbonyl (C=O) groups excluding carboxylic acids is 5. The minimum absolute atomic E-state index is 0.00465. The molecule has 10 nitrogen and oxygen atoms in total.